The third-order valence-corrected chi connectivity index (χ3v) is 7.76. The summed E-state index contributed by atoms with van der Waals surface area (Å²) in [7, 11) is 0. The third-order valence-electron chi connectivity index (χ3n) is 5.55. The summed E-state index contributed by atoms with van der Waals surface area (Å²) in [6.45, 7) is 1.87. The van der Waals surface area contributed by atoms with E-state index in [0.29, 0.717) is 0 Å². The quantitative estimate of drug-likeness (QED) is 0.254. The van der Waals surface area contributed by atoms with E-state index in [2.05, 4.69) is 5.32 Å². The maximum atomic E-state index is 12.8. The number of amides is 2. The molecule has 0 spiro atoms. The van der Waals surface area contributed by atoms with Gasteiger partial charge in [0.2, 0.25) is 5.91 Å². The molecule has 14 heteroatoms. The van der Waals surface area contributed by atoms with Crippen LogP contribution in [-0.4, -0.2) is 69.5 Å². The van der Waals surface area contributed by atoms with Crippen molar-refractivity contribution in [2.24, 2.45) is 0 Å². The molecular formula is C25H22N2O10S2. The van der Waals surface area contributed by atoms with Gasteiger partial charge in [0.05, 0.1) is 12.0 Å². The lowest BCUT2D eigenvalue weighted by molar-refractivity contribution is -0.150. The number of thiophene rings is 1. The second-order valence-electron chi connectivity index (χ2n) is 8.39. The molecule has 2 aromatic rings. The standard InChI is InChI=1S/C25H22N2O10S2/c1-12(28)36-17-6-5-14(8-18(17)37-13(2)29)25(34)35-10-15-11-39-23-20(22(31)27(23)21(15)24(32)33)26-19(30)9-16-4-3-7-38-16/h3-8,20,23H,9-11H2,1-2H3,(H,26,30)(H,32,33)/t20-,23-/m1/s1. The van der Waals surface area contributed by atoms with Crippen LogP contribution in [-0.2, 0) is 35.1 Å². The van der Waals surface area contributed by atoms with Crippen LogP contribution in [0.2, 0.25) is 0 Å². The Morgan fingerprint density at radius 1 is 1.08 bits per heavy atom. The molecule has 4 rings (SSSR count). The summed E-state index contributed by atoms with van der Waals surface area (Å²) < 4.78 is 15.3. The zero-order chi connectivity index (χ0) is 28.3. The van der Waals surface area contributed by atoms with Crippen molar-refractivity contribution in [3.05, 3.63) is 57.4 Å². The molecule has 1 fully saturated rings. The van der Waals surface area contributed by atoms with E-state index in [0.717, 1.165) is 29.7 Å². The topological polar surface area (TPSA) is 166 Å². The summed E-state index contributed by atoms with van der Waals surface area (Å²) in [5.74, 6) is -4.62. The lowest BCUT2D eigenvalue weighted by Gasteiger charge is -2.49. The fourth-order valence-corrected chi connectivity index (χ4v) is 5.97. The highest BCUT2D eigenvalue weighted by Crippen LogP contribution is 2.40. The van der Waals surface area contributed by atoms with E-state index in [-0.39, 0.29) is 46.4 Å². The second-order valence-corrected chi connectivity index (χ2v) is 10.5. The Kier molecular flexibility index (Phi) is 8.35. The highest BCUT2D eigenvalue weighted by Gasteiger charge is 2.54. The minimum atomic E-state index is -1.37. The number of carboxylic acids is 1. The molecule has 12 nitrogen and oxygen atoms in total. The molecule has 204 valence electrons. The number of nitrogens with one attached hydrogen (secondary N) is 1. The minimum Gasteiger partial charge on any atom is -0.477 e. The first-order valence-electron chi connectivity index (χ1n) is 11.4. The molecule has 1 aromatic heterocycles. The van der Waals surface area contributed by atoms with Crippen LogP contribution in [0, 0.1) is 0 Å². The smallest absolute Gasteiger partial charge is 0.352 e. The van der Waals surface area contributed by atoms with Crippen LogP contribution in [0.4, 0.5) is 0 Å². The lowest BCUT2D eigenvalue weighted by Crippen LogP contribution is -2.70. The number of carbonyl (C=O) groups excluding carboxylic acids is 5. The molecule has 0 radical (unpaired) electrons. The number of β-lactam (4-membered cyclic amide) rings is 1. The van der Waals surface area contributed by atoms with Crippen LogP contribution in [0.15, 0.2) is 47.0 Å². The molecule has 3 heterocycles. The number of aliphatic carboxylic acids is 1. The van der Waals surface area contributed by atoms with E-state index in [4.69, 9.17) is 14.2 Å². The summed E-state index contributed by atoms with van der Waals surface area (Å²) in [6.07, 6.45) is 0.114. The van der Waals surface area contributed by atoms with Crippen molar-refractivity contribution >= 4 is 58.8 Å². The summed E-state index contributed by atoms with van der Waals surface area (Å²) in [5, 5.41) is 13.7. The van der Waals surface area contributed by atoms with Crippen molar-refractivity contribution in [3.8, 4) is 11.5 Å². The summed E-state index contributed by atoms with van der Waals surface area (Å²) in [6, 6.07) is 6.45. The SMILES string of the molecule is CC(=O)Oc1ccc(C(=O)OCC2=C(C(=O)O)N3C(=O)[C@@H](NC(=O)Cc4cccs4)[C@H]3SC2)cc1OC(C)=O. The van der Waals surface area contributed by atoms with Crippen LogP contribution in [0.25, 0.3) is 0 Å². The Labute approximate surface area is 229 Å². The van der Waals surface area contributed by atoms with Gasteiger partial charge in [0, 0.05) is 30.1 Å². The van der Waals surface area contributed by atoms with Gasteiger partial charge in [0.25, 0.3) is 5.91 Å². The number of hydrogen-bond acceptors (Lipinski definition) is 11. The molecule has 1 saturated heterocycles. The highest BCUT2D eigenvalue weighted by molar-refractivity contribution is 8.00. The van der Waals surface area contributed by atoms with E-state index in [1.165, 1.54) is 35.2 Å². The molecule has 1 aromatic carbocycles. The number of ether oxygens (including phenoxy) is 3. The molecule has 0 saturated carbocycles. The molecule has 2 N–H and O–H groups in total. The van der Waals surface area contributed by atoms with Crippen LogP contribution in [0.5, 0.6) is 11.5 Å². The molecule has 39 heavy (non-hydrogen) atoms. The first-order valence-corrected chi connectivity index (χ1v) is 13.4. The molecule has 2 amide bonds. The zero-order valence-electron chi connectivity index (χ0n) is 20.6. The van der Waals surface area contributed by atoms with Gasteiger partial charge in [0.15, 0.2) is 11.5 Å². The molecular weight excluding hydrogens is 552 g/mol. The van der Waals surface area contributed by atoms with Crippen molar-refractivity contribution in [2.75, 3.05) is 12.4 Å². The van der Waals surface area contributed by atoms with Crippen LogP contribution < -0.4 is 14.8 Å². The predicted octanol–water partition coefficient (Wildman–Crippen LogP) is 1.74. The van der Waals surface area contributed by atoms with E-state index < -0.39 is 47.8 Å². The molecule has 0 unspecified atom stereocenters. The normalized spacial score (nSPS) is 18.0. The molecule has 2 aliphatic rings. The molecule has 0 bridgehead atoms. The van der Waals surface area contributed by atoms with Gasteiger partial charge in [-0.1, -0.05) is 6.07 Å². The van der Waals surface area contributed by atoms with Crippen molar-refractivity contribution in [2.45, 2.75) is 31.7 Å². The summed E-state index contributed by atoms with van der Waals surface area (Å²) in [5.41, 5.74) is -0.147. The number of carboxylic acid groups (broad SMARTS) is 1. The van der Waals surface area contributed by atoms with E-state index in [9.17, 15) is 33.9 Å². The third kappa shape index (κ3) is 6.29. The van der Waals surface area contributed by atoms with Gasteiger partial charge in [-0.2, -0.15) is 0 Å². The number of rotatable bonds is 9. The van der Waals surface area contributed by atoms with Crippen molar-refractivity contribution in [1.82, 2.24) is 10.2 Å². The van der Waals surface area contributed by atoms with Gasteiger partial charge < -0.3 is 24.6 Å². The number of hydrogen-bond donors (Lipinski definition) is 2. The number of carbonyl (C=O) groups is 6. The van der Waals surface area contributed by atoms with Crippen molar-refractivity contribution < 1.29 is 48.1 Å². The van der Waals surface area contributed by atoms with E-state index in [1.54, 1.807) is 6.07 Å². The van der Waals surface area contributed by atoms with Crippen LogP contribution in [0.1, 0.15) is 29.1 Å². The molecule has 2 aliphatic heterocycles. The monoisotopic (exact) mass is 574 g/mol. The fraction of sp³-hybridized carbons (Fsp3) is 0.280. The lowest BCUT2D eigenvalue weighted by atomic mass is 10.0. The van der Waals surface area contributed by atoms with Gasteiger partial charge in [-0.15, -0.1) is 23.1 Å². The Morgan fingerprint density at radius 3 is 2.44 bits per heavy atom. The van der Waals surface area contributed by atoms with Gasteiger partial charge in [0.1, 0.15) is 23.7 Å². The van der Waals surface area contributed by atoms with Crippen LogP contribution >= 0.6 is 23.1 Å². The fourth-order valence-electron chi connectivity index (χ4n) is 3.94. The Bertz CT molecular complexity index is 1390. The van der Waals surface area contributed by atoms with Gasteiger partial charge in [-0.25, -0.2) is 9.59 Å². The Balaban J connectivity index is 1.44. The molecule has 2 atom stereocenters. The van der Waals surface area contributed by atoms with Gasteiger partial charge >= 0.3 is 23.9 Å². The van der Waals surface area contributed by atoms with Crippen molar-refractivity contribution in [1.29, 1.82) is 0 Å². The second kappa shape index (κ2) is 11.7. The minimum absolute atomic E-state index is 0.0468. The first-order chi connectivity index (χ1) is 18.5. The van der Waals surface area contributed by atoms with E-state index >= 15 is 0 Å². The number of esters is 3. The zero-order valence-corrected chi connectivity index (χ0v) is 22.3. The maximum Gasteiger partial charge on any atom is 0.352 e. The van der Waals surface area contributed by atoms with Crippen LogP contribution in [0.3, 0.4) is 0 Å². The number of fused-ring (bicyclic) bond motifs is 1. The number of benzene rings is 1. The van der Waals surface area contributed by atoms with Gasteiger partial charge in [-0.05, 0) is 29.6 Å². The summed E-state index contributed by atoms with van der Waals surface area (Å²) >= 11 is 2.66. The Hall–Kier alpha value is -4.17. The average Bonchev–Trinajstić information content (AvgIpc) is 3.38. The Morgan fingerprint density at radius 2 is 1.79 bits per heavy atom. The van der Waals surface area contributed by atoms with Crippen molar-refractivity contribution in [3.63, 3.8) is 0 Å². The first kappa shape index (κ1) is 27.9. The number of thioether (sulfide) groups is 1. The number of nitrogens with zero attached hydrogens (tertiary/aromatic N) is 1. The average molecular weight is 575 g/mol. The maximum absolute atomic E-state index is 12.8. The largest absolute Gasteiger partial charge is 0.477 e. The van der Waals surface area contributed by atoms with E-state index in [1.807, 2.05) is 11.4 Å². The van der Waals surface area contributed by atoms with Gasteiger partial charge in [-0.3, -0.25) is 24.1 Å². The summed E-state index contributed by atoms with van der Waals surface area (Å²) in [4.78, 5) is 74.5. The highest BCUT2D eigenvalue weighted by atomic mass is 32.2. The molecule has 0 aliphatic carbocycles. The predicted molar refractivity (Wildman–Crippen MR) is 137 cm³/mol.